The van der Waals surface area contributed by atoms with E-state index in [1.54, 1.807) is 24.3 Å². The minimum Gasteiger partial charge on any atom is -0.507 e. The molecule has 2 rings (SSSR count). The summed E-state index contributed by atoms with van der Waals surface area (Å²) in [4.78, 5) is 3.98. The molecule has 1 aromatic heterocycles. The van der Waals surface area contributed by atoms with Crippen molar-refractivity contribution in [2.75, 3.05) is 0 Å². The minimum absolute atomic E-state index is 0.133. The SMILES string of the molecule is OB(O)c1ccc2c(O)cccc2n1. The molecule has 0 aliphatic heterocycles. The first kappa shape index (κ1) is 8.99. The van der Waals surface area contributed by atoms with Crippen LogP contribution in [0.15, 0.2) is 30.3 Å². The number of fused-ring (bicyclic) bond motifs is 1. The smallest absolute Gasteiger partial charge is 0.507 e. The van der Waals surface area contributed by atoms with Crippen molar-refractivity contribution in [2.45, 2.75) is 0 Å². The maximum Gasteiger partial charge on any atom is 0.508 e. The fourth-order valence-electron chi connectivity index (χ4n) is 1.30. The molecular weight excluding hydrogens is 181 g/mol. The number of aromatic hydroxyl groups is 1. The van der Waals surface area contributed by atoms with Crippen LogP contribution in [0.3, 0.4) is 0 Å². The van der Waals surface area contributed by atoms with E-state index in [-0.39, 0.29) is 11.3 Å². The number of phenols is 1. The molecule has 0 spiro atoms. The summed E-state index contributed by atoms with van der Waals surface area (Å²) in [5.41, 5.74) is 0.707. The Labute approximate surface area is 80.6 Å². The molecule has 0 atom stereocenters. The Morgan fingerprint density at radius 2 is 1.86 bits per heavy atom. The summed E-state index contributed by atoms with van der Waals surface area (Å²) in [6.07, 6.45) is 0. The highest BCUT2D eigenvalue weighted by Crippen LogP contribution is 2.20. The monoisotopic (exact) mass is 189 g/mol. The van der Waals surface area contributed by atoms with E-state index in [2.05, 4.69) is 4.98 Å². The zero-order valence-electron chi connectivity index (χ0n) is 7.25. The highest BCUT2D eigenvalue weighted by molar-refractivity contribution is 6.57. The lowest BCUT2D eigenvalue weighted by Gasteiger charge is -2.02. The standard InChI is InChI=1S/C9H8BNO3/c12-8-3-1-2-7-6(8)4-5-9(11-7)10(13)14/h1-5,12-14H. The summed E-state index contributed by atoms with van der Waals surface area (Å²) >= 11 is 0. The fraction of sp³-hybridized carbons (Fsp3) is 0. The zero-order chi connectivity index (χ0) is 10.1. The molecule has 0 amide bonds. The molecule has 4 nitrogen and oxygen atoms in total. The highest BCUT2D eigenvalue weighted by atomic mass is 16.4. The zero-order valence-corrected chi connectivity index (χ0v) is 7.25. The van der Waals surface area contributed by atoms with Crippen molar-refractivity contribution >= 4 is 23.6 Å². The van der Waals surface area contributed by atoms with Crippen LogP contribution in [0, 0.1) is 0 Å². The Hall–Kier alpha value is -1.59. The van der Waals surface area contributed by atoms with Gasteiger partial charge < -0.3 is 15.2 Å². The van der Waals surface area contributed by atoms with Gasteiger partial charge in [-0.25, -0.2) is 0 Å². The molecule has 0 saturated heterocycles. The Bertz CT molecular complexity index is 473. The van der Waals surface area contributed by atoms with Crippen LogP contribution in [-0.2, 0) is 0 Å². The summed E-state index contributed by atoms with van der Waals surface area (Å²) in [5.74, 6) is 0.133. The van der Waals surface area contributed by atoms with Crippen LogP contribution >= 0.6 is 0 Å². The number of pyridine rings is 1. The Morgan fingerprint density at radius 3 is 2.57 bits per heavy atom. The number of aromatic nitrogens is 1. The minimum atomic E-state index is -1.58. The van der Waals surface area contributed by atoms with E-state index in [0.29, 0.717) is 10.9 Å². The third kappa shape index (κ3) is 1.43. The maximum atomic E-state index is 9.44. The van der Waals surface area contributed by atoms with E-state index >= 15 is 0 Å². The first-order valence-corrected chi connectivity index (χ1v) is 4.13. The van der Waals surface area contributed by atoms with Crippen LogP contribution < -0.4 is 5.59 Å². The van der Waals surface area contributed by atoms with Gasteiger partial charge in [0.25, 0.3) is 0 Å². The van der Waals surface area contributed by atoms with Crippen LogP contribution in [0.4, 0.5) is 0 Å². The molecule has 0 aliphatic rings. The van der Waals surface area contributed by atoms with E-state index in [1.165, 1.54) is 6.07 Å². The van der Waals surface area contributed by atoms with Gasteiger partial charge >= 0.3 is 7.12 Å². The summed E-state index contributed by atoms with van der Waals surface area (Å²) in [7, 11) is -1.58. The van der Waals surface area contributed by atoms with E-state index in [1.807, 2.05) is 0 Å². The molecule has 0 saturated carbocycles. The molecule has 0 radical (unpaired) electrons. The first-order valence-electron chi connectivity index (χ1n) is 4.13. The molecule has 70 valence electrons. The van der Waals surface area contributed by atoms with Crippen LogP contribution in [0.1, 0.15) is 0 Å². The average molecular weight is 189 g/mol. The third-order valence-corrected chi connectivity index (χ3v) is 1.99. The third-order valence-electron chi connectivity index (χ3n) is 1.99. The van der Waals surface area contributed by atoms with Gasteiger partial charge in [0, 0.05) is 5.39 Å². The number of benzene rings is 1. The lowest BCUT2D eigenvalue weighted by atomic mass is 9.85. The van der Waals surface area contributed by atoms with E-state index in [4.69, 9.17) is 10.0 Å². The summed E-state index contributed by atoms with van der Waals surface area (Å²) < 4.78 is 0. The Kier molecular flexibility index (Phi) is 2.11. The maximum absolute atomic E-state index is 9.44. The van der Waals surface area contributed by atoms with E-state index in [9.17, 15) is 5.11 Å². The van der Waals surface area contributed by atoms with Gasteiger partial charge in [0.15, 0.2) is 0 Å². The molecule has 0 aliphatic carbocycles. The van der Waals surface area contributed by atoms with Gasteiger partial charge in [-0.1, -0.05) is 6.07 Å². The topological polar surface area (TPSA) is 73.6 Å². The van der Waals surface area contributed by atoms with Crippen molar-refractivity contribution in [1.82, 2.24) is 4.98 Å². The second-order valence-corrected chi connectivity index (χ2v) is 2.95. The largest absolute Gasteiger partial charge is 0.508 e. The first-order chi connectivity index (χ1) is 6.68. The summed E-state index contributed by atoms with van der Waals surface area (Å²) in [6, 6.07) is 7.97. The lowest BCUT2D eigenvalue weighted by Crippen LogP contribution is -2.32. The van der Waals surface area contributed by atoms with Crippen molar-refractivity contribution in [3.8, 4) is 5.75 Å². The normalized spacial score (nSPS) is 10.4. The molecule has 0 fully saturated rings. The van der Waals surface area contributed by atoms with Crippen molar-refractivity contribution in [3.05, 3.63) is 30.3 Å². The van der Waals surface area contributed by atoms with Gasteiger partial charge in [-0.15, -0.1) is 0 Å². The Balaban J connectivity index is 2.67. The molecule has 14 heavy (non-hydrogen) atoms. The molecule has 5 heteroatoms. The van der Waals surface area contributed by atoms with Crippen LogP contribution in [0.5, 0.6) is 5.75 Å². The average Bonchev–Trinajstić information content (AvgIpc) is 2.17. The van der Waals surface area contributed by atoms with Gasteiger partial charge in [-0.05, 0) is 24.3 Å². The molecule has 3 N–H and O–H groups in total. The molecular formula is C9H8BNO3. The quantitative estimate of drug-likeness (QED) is 0.534. The second kappa shape index (κ2) is 3.28. The van der Waals surface area contributed by atoms with Crippen molar-refractivity contribution in [2.24, 2.45) is 0 Å². The van der Waals surface area contributed by atoms with E-state index in [0.717, 1.165) is 0 Å². The molecule has 2 aromatic rings. The van der Waals surface area contributed by atoms with Crippen LogP contribution in [0.25, 0.3) is 10.9 Å². The van der Waals surface area contributed by atoms with Crippen LogP contribution in [0.2, 0.25) is 0 Å². The second-order valence-electron chi connectivity index (χ2n) is 2.95. The highest BCUT2D eigenvalue weighted by Gasteiger charge is 2.13. The summed E-state index contributed by atoms with van der Waals surface area (Å²) in [5, 5.41) is 27.8. The summed E-state index contributed by atoms with van der Waals surface area (Å²) in [6.45, 7) is 0. The van der Waals surface area contributed by atoms with Gasteiger partial charge in [-0.3, -0.25) is 4.98 Å². The fourth-order valence-corrected chi connectivity index (χ4v) is 1.30. The predicted octanol–water partition coefficient (Wildman–Crippen LogP) is -0.380. The molecule has 0 bridgehead atoms. The van der Waals surface area contributed by atoms with Crippen molar-refractivity contribution in [3.63, 3.8) is 0 Å². The van der Waals surface area contributed by atoms with Crippen molar-refractivity contribution in [1.29, 1.82) is 0 Å². The van der Waals surface area contributed by atoms with E-state index < -0.39 is 7.12 Å². The van der Waals surface area contributed by atoms with Gasteiger partial charge in [0.2, 0.25) is 0 Å². The van der Waals surface area contributed by atoms with Gasteiger partial charge in [0.1, 0.15) is 5.75 Å². The predicted molar refractivity (Wildman–Crippen MR) is 53.2 cm³/mol. The number of nitrogens with zero attached hydrogens (tertiary/aromatic N) is 1. The van der Waals surface area contributed by atoms with Crippen LogP contribution in [-0.4, -0.2) is 27.3 Å². The van der Waals surface area contributed by atoms with Gasteiger partial charge in [-0.2, -0.15) is 0 Å². The van der Waals surface area contributed by atoms with Gasteiger partial charge in [0.05, 0.1) is 11.1 Å². The number of hydrogen-bond donors (Lipinski definition) is 3. The number of hydrogen-bond acceptors (Lipinski definition) is 4. The Morgan fingerprint density at radius 1 is 1.07 bits per heavy atom. The molecule has 1 heterocycles. The molecule has 1 aromatic carbocycles. The molecule has 0 unspecified atom stereocenters. The van der Waals surface area contributed by atoms with Crippen molar-refractivity contribution < 1.29 is 15.2 Å². The number of phenolic OH excluding ortho intramolecular Hbond substituents is 1. The number of rotatable bonds is 1. The lowest BCUT2D eigenvalue weighted by molar-refractivity contribution is 0.424.